The fraction of sp³-hybridized carbons (Fsp3) is 0.500. The third-order valence-electron chi connectivity index (χ3n) is 3.97. The van der Waals surface area contributed by atoms with E-state index in [9.17, 15) is 9.59 Å². The summed E-state index contributed by atoms with van der Waals surface area (Å²) in [5.41, 5.74) is 5.76. The molecule has 2 amide bonds. The quantitative estimate of drug-likeness (QED) is 0.821. The monoisotopic (exact) mass is 289 g/mol. The van der Waals surface area contributed by atoms with E-state index in [1.54, 1.807) is 4.90 Å². The second kappa shape index (κ2) is 6.72. The van der Waals surface area contributed by atoms with E-state index in [1.165, 1.54) is 0 Å². The Labute approximate surface area is 125 Å². The van der Waals surface area contributed by atoms with Crippen LogP contribution < -0.4 is 11.1 Å². The zero-order valence-electron chi connectivity index (χ0n) is 12.5. The molecule has 1 aromatic carbocycles. The maximum atomic E-state index is 12.8. The summed E-state index contributed by atoms with van der Waals surface area (Å²) in [4.78, 5) is 25.6. The van der Waals surface area contributed by atoms with Gasteiger partial charge in [-0.3, -0.25) is 9.59 Å². The molecule has 1 aromatic rings. The Hall–Kier alpha value is -1.88. The van der Waals surface area contributed by atoms with Gasteiger partial charge in [-0.05, 0) is 31.9 Å². The van der Waals surface area contributed by atoms with Gasteiger partial charge in [-0.1, -0.05) is 30.3 Å². The average molecular weight is 289 g/mol. The highest BCUT2D eigenvalue weighted by Crippen LogP contribution is 2.22. The lowest BCUT2D eigenvalue weighted by Crippen LogP contribution is -2.53. The van der Waals surface area contributed by atoms with Crippen molar-refractivity contribution in [3.05, 3.63) is 35.9 Å². The standard InChI is InChI=1S/C16H23N3O2/c1-16(9-5-10-18-16)15(21)19(11-8-14(17)20)12-13-6-3-2-4-7-13/h2-4,6-7,18H,5,8-12H2,1H3,(H2,17,20). The van der Waals surface area contributed by atoms with E-state index in [-0.39, 0.29) is 18.2 Å². The van der Waals surface area contributed by atoms with Gasteiger partial charge in [0, 0.05) is 19.5 Å². The minimum atomic E-state index is -0.521. The molecule has 1 aliphatic rings. The summed E-state index contributed by atoms with van der Waals surface area (Å²) in [7, 11) is 0. The summed E-state index contributed by atoms with van der Waals surface area (Å²) in [6.45, 7) is 3.66. The van der Waals surface area contributed by atoms with Crippen LogP contribution in [-0.4, -0.2) is 35.3 Å². The number of hydrogen-bond acceptors (Lipinski definition) is 3. The van der Waals surface area contributed by atoms with Crippen LogP contribution in [0.25, 0.3) is 0 Å². The molecule has 1 saturated heterocycles. The first kappa shape index (κ1) is 15.5. The number of carbonyl (C=O) groups excluding carboxylic acids is 2. The predicted molar refractivity (Wildman–Crippen MR) is 81.3 cm³/mol. The maximum absolute atomic E-state index is 12.8. The Kier molecular flexibility index (Phi) is 4.96. The zero-order chi connectivity index (χ0) is 15.3. The van der Waals surface area contributed by atoms with Gasteiger partial charge in [-0.15, -0.1) is 0 Å². The van der Waals surface area contributed by atoms with Crippen molar-refractivity contribution >= 4 is 11.8 Å². The Morgan fingerprint density at radius 1 is 1.33 bits per heavy atom. The van der Waals surface area contributed by atoms with Crippen LogP contribution in [0.5, 0.6) is 0 Å². The lowest BCUT2D eigenvalue weighted by molar-refractivity contribution is -0.138. The van der Waals surface area contributed by atoms with E-state index in [2.05, 4.69) is 5.32 Å². The summed E-state index contributed by atoms with van der Waals surface area (Å²) in [6, 6.07) is 9.80. The number of amides is 2. The van der Waals surface area contributed by atoms with Crippen LogP contribution in [-0.2, 0) is 16.1 Å². The van der Waals surface area contributed by atoms with E-state index >= 15 is 0 Å². The van der Waals surface area contributed by atoms with Crippen LogP contribution in [0.1, 0.15) is 31.7 Å². The fourth-order valence-electron chi connectivity index (χ4n) is 2.73. The first-order valence-corrected chi connectivity index (χ1v) is 7.38. The molecule has 0 aromatic heterocycles. The van der Waals surface area contributed by atoms with Crippen molar-refractivity contribution in [2.24, 2.45) is 5.73 Å². The summed E-state index contributed by atoms with van der Waals surface area (Å²) < 4.78 is 0. The number of primary amides is 1. The molecule has 1 atom stereocenters. The molecule has 3 N–H and O–H groups in total. The molecule has 0 spiro atoms. The van der Waals surface area contributed by atoms with E-state index in [0.717, 1.165) is 24.9 Å². The molecule has 0 aliphatic carbocycles. The SMILES string of the molecule is CC1(C(=O)N(CCC(N)=O)Cc2ccccc2)CCCN1. The average Bonchev–Trinajstić information content (AvgIpc) is 2.92. The number of nitrogens with zero attached hydrogens (tertiary/aromatic N) is 1. The van der Waals surface area contributed by atoms with Crippen LogP contribution in [0.2, 0.25) is 0 Å². The van der Waals surface area contributed by atoms with Gasteiger partial charge >= 0.3 is 0 Å². The molecule has 1 fully saturated rings. The third kappa shape index (κ3) is 4.04. The first-order chi connectivity index (χ1) is 10.0. The normalized spacial score (nSPS) is 21.2. The topological polar surface area (TPSA) is 75.4 Å². The first-order valence-electron chi connectivity index (χ1n) is 7.38. The van der Waals surface area contributed by atoms with Crippen LogP contribution in [0.4, 0.5) is 0 Å². The molecule has 0 saturated carbocycles. The van der Waals surface area contributed by atoms with E-state index in [0.29, 0.717) is 13.1 Å². The molecule has 114 valence electrons. The van der Waals surface area contributed by atoms with Gasteiger partial charge < -0.3 is 16.0 Å². The van der Waals surface area contributed by atoms with Gasteiger partial charge in [0.25, 0.3) is 0 Å². The second-order valence-corrected chi connectivity index (χ2v) is 5.79. The van der Waals surface area contributed by atoms with Crippen molar-refractivity contribution in [1.82, 2.24) is 10.2 Å². The fourth-order valence-corrected chi connectivity index (χ4v) is 2.73. The molecule has 1 heterocycles. The van der Waals surface area contributed by atoms with Crippen molar-refractivity contribution in [3.63, 3.8) is 0 Å². The lowest BCUT2D eigenvalue weighted by atomic mass is 9.98. The van der Waals surface area contributed by atoms with Crippen LogP contribution in [0, 0.1) is 0 Å². The molecule has 1 unspecified atom stereocenters. The van der Waals surface area contributed by atoms with Crippen molar-refractivity contribution in [2.45, 2.75) is 38.3 Å². The molecule has 5 nitrogen and oxygen atoms in total. The van der Waals surface area contributed by atoms with Gasteiger partial charge in [-0.25, -0.2) is 0 Å². The molecular formula is C16H23N3O2. The van der Waals surface area contributed by atoms with Gasteiger partial charge in [0.1, 0.15) is 0 Å². The highest BCUT2D eigenvalue weighted by molar-refractivity contribution is 5.86. The summed E-state index contributed by atoms with van der Waals surface area (Å²) in [5.74, 6) is -0.338. The lowest BCUT2D eigenvalue weighted by Gasteiger charge is -2.32. The summed E-state index contributed by atoms with van der Waals surface area (Å²) >= 11 is 0. The third-order valence-corrected chi connectivity index (χ3v) is 3.97. The zero-order valence-corrected chi connectivity index (χ0v) is 12.5. The molecule has 0 radical (unpaired) electrons. The number of nitrogens with one attached hydrogen (secondary N) is 1. The predicted octanol–water partition coefficient (Wildman–Crippen LogP) is 1.03. The van der Waals surface area contributed by atoms with E-state index in [4.69, 9.17) is 5.73 Å². The molecule has 0 bridgehead atoms. The largest absolute Gasteiger partial charge is 0.370 e. The minimum Gasteiger partial charge on any atom is -0.370 e. The van der Waals surface area contributed by atoms with Crippen molar-refractivity contribution in [2.75, 3.05) is 13.1 Å². The van der Waals surface area contributed by atoms with E-state index in [1.807, 2.05) is 37.3 Å². The number of benzene rings is 1. The number of rotatable bonds is 6. The Balaban J connectivity index is 2.11. The molecule has 21 heavy (non-hydrogen) atoms. The van der Waals surface area contributed by atoms with Crippen LogP contribution in [0.15, 0.2) is 30.3 Å². The molecule has 2 rings (SSSR count). The van der Waals surface area contributed by atoms with Crippen LogP contribution in [0.3, 0.4) is 0 Å². The van der Waals surface area contributed by atoms with Gasteiger partial charge in [-0.2, -0.15) is 0 Å². The van der Waals surface area contributed by atoms with Gasteiger partial charge in [0.2, 0.25) is 11.8 Å². The van der Waals surface area contributed by atoms with Crippen LogP contribution >= 0.6 is 0 Å². The van der Waals surface area contributed by atoms with Gasteiger partial charge in [0.05, 0.1) is 5.54 Å². The molecule has 5 heteroatoms. The Morgan fingerprint density at radius 2 is 2.05 bits per heavy atom. The number of nitrogens with two attached hydrogens (primary N) is 1. The van der Waals surface area contributed by atoms with Crippen molar-refractivity contribution < 1.29 is 9.59 Å². The highest BCUT2D eigenvalue weighted by atomic mass is 16.2. The summed E-state index contributed by atoms with van der Waals surface area (Å²) in [6.07, 6.45) is 2.01. The Bertz CT molecular complexity index is 496. The second-order valence-electron chi connectivity index (χ2n) is 5.79. The van der Waals surface area contributed by atoms with Gasteiger partial charge in [0.15, 0.2) is 0 Å². The maximum Gasteiger partial charge on any atom is 0.242 e. The highest BCUT2D eigenvalue weighted by Gasteiger charge is 2.38. The molecule has 1 aliphatic heterocycles. The van der Waals surface area contributed by atoms with Crippen molar-refractivity contribution in [3.8, 4) is 0 Å². The minimum absolute atomic E-state index is 0.0464. The van der Waals surface area contributed by atoms with Crippen molar-refractivity contribution in [1.29, 1.82) is 0 Å². The van der Waals surface area contributed by atoms with E-state index < -0.39 is 5.54 Å². The Morgan fingerprint density at radius 3 is 2.62 bits per heavy atom. The number of hydrogen-bond donors (Lipinski definition) is 2. The number of carbonyl (C=O) groups is 2. The molecular weight excluding hydrogens is 266 g/mol. The smallest absolute Gasteiger partial charge is 0.242 e. The summed E-state index contributed by atoms with van der Waals surface area (Å²) in [5, 5.41) is 3.28.